The molecule has 0 spiro atoms. The normalized spacial score (nSPS) is 11.9. The molecule has 0 fully saturated rings. The number of nitrogens with one attached hydrogen (secondary N) is 1. The lowest BCUT2D eigenvalue weighted by Gasteiger charge is -2.13. The Bertz CT molecular complexity index is 464. The van der Waals surface area contributed by atoms with E-state index in [-0.39, 0.29) is 12.0 Å². The first-order valence-electron chi connectivity index (χ1n) is 5.05. The number of carbonyl (C=O) groups is 2. The number of benzene rings is 1. The van der Waals surface area contributed by atoms with Crippen molar-refractivity contribution in [2.45, 2.75) is 12.5 Å². The molecule has 0 bridgehead atoms. The molecule has 0 radical (unpaired) electrons. The van der Waals surface area contributed by atoms with E-state index < -0.39 is 36.2 Å². The highest BCUT2D eigenvalue weighted by atomic mass is 19.2. The predicted molar refractivity (Wildman–Crippen MR) is 57.0 cm³/mol. The van der Waals surface area contributed by atoms with Crippen LogP contribution in [-0.2, 0) is 4.79 Å². The van der Waals surface area contributed by atoms with Crippen molar-refractivity contribution in [3.8, 4) is 0 Å². The van der Waals surface area contributed by atoms with Gasteiger partial charge in [-0.1, -0.05) is 0 Å². The maximum atomic E-state index is 12.9. The summed E-state index contributed by atoms with van der Waals surface area (Å²) in [5.74, 6) is -4.47. The molecule has 3 N–H and O–H groups in total. The lowest BCUT2D eigenvalue weighted by atomic mass is 10.1. The number of halogens is 2. The van der Waals surface area contributed by atoms with E-state index >= 15 is 0 Å². The maximum absolute atomic E-state index is 12.9. The number of carboxylic acid groups (broad SMARTS) is 1. The van der Waals surface area contributed by atoms with Gasteiger partial charge < -0.3 is 15.5 Å². The zero-order chi connectivity index (χ0) is 13.7. The SMILES string of the molecule is O=C(N[C@@H](CCO)C(=O)O)c1ccc(F)c(F)c1. The molecule has 0 heterocycles. The second-order valence-electron chi connectivity index (χ2n) is 3.51. The van der Waals surface area contributed by atoms with Gasteiger partial charge in [-0.25, -0.2) is 13.6 Å². The average molecular weight is 259 g/mol. The van der Waals surface area contributed by atoms with E-state index in [1.165, 1.54) is 0 Å². The third kappa shape index (κ3) is 3.49. The first-order chi connectivity index (χ1) is 8.45. The van der Waals surface area contributed by atoms with Crippen LogP contribution in [0.15, 0.2) is 18.2 Å². The average Bonchev–Trinajstić information content (AvgIpc) is 2.31. The molecule has 0 unspecified atom stereocenters. The Balaban J connectivity index is 2.80. The molecule has 1 aromatic carbocycles. The third-order valence-electron chi connectivity index (χ3n) is 2.20. The predicted octanol–water partition coefficient (Wildman–Crippen LogP) is 0.530. The smallest absolute Gasteiger partial charge is 0.326 e. The van der Waals surface area contributed by atoms with E-state index in [1.54, 1.807) is 0 Å². The lowest BCUT2D eigenvalue weighted by Crippen LogP contribution is -2.41. The van der Waals surface area contributed by atoms with Crippen molar-refractivity contribution in [3.63, 3.8) is 0 Å². The van der Waals surface area contributed by atoms with Crippen LogP contribution in [0.25, 0.3) is 0 Å². The largest absolute Gasteiger partial charge is 0.480 e. The molecular formula is C11H11F2NO4. The molecule has 0 aromatic heterocycles. The zero-order valence-corrected chi connectivity index (χ0v) is 9.19. The molecule has 0 aliphatic rings. The minimum atomic E-state index is -1.32. The van der Waals surface area contributed by atoms with Crippen molar-refractivity contribution >= 4 is 11.9 Å². The Morgan fingerprint density at radius 3 is 2.44 bits per heavy atom. The van der Waals surface area contributed by atoms with E-state index in [2.05, 4.69) is 5.32 Å². The summed E-state index contributed by atoms with van der Waals surface area (Å²) in [5.41, 5.74) is -0.196. The number of hydrogen-bond acceptors (Lipinski definition) is 3. The van der Waals surface area contributed by atoms with Gasteiger partial charge >= 0.3 is 5.97 Å². The Morgan fingerprint density at radius 2 is 1.94 bits per heavy atom. The number of amides is 1. The van der Waals surface area contributed by atoms with Gasteiger partial charge in [0.1, 0.15) is 6.04 Å². The molecule has 7 heteroatoms. The van der Waals surface area contributed by atoms with Crippen molar-refractivity contribution < 1.29 is 28.6 Å². The van der Waals surface area contributed by atoms with Crippen molar-refractivity contribution in [2.75, 3.05) is 6.61 Å². The Hall–Kier alpha value is -2.02. The monoisotopic (exact) mass is 259 g/mol. The van der Waals surface area contributed by atoms with Crippen LogP contribution >= 0.6 is 0 Å². The van der Waals surface area contributed by atoms with Crippen molar-refractivity contribution in [3.05, 3.63) is 35.4 Å². The third-order valence-corrected chi connectivity index (χ3v) is 2.20. The second kappa shape index (κ2) is 6.06. The van der Waals surface area contributed by atoms with E-state index in [1.807, 2.05) is 0 Å². The van der Waals surface area contributed by atoms with Gasteiger partial charge in [0.2, 0.25) is 0 Å². The number of carbonyl (C=O) groups excluding carboxylic acids is 1. The van der Waals surface area contributed by atoms with Gasteiger partial charge in [-0.3, -0.25) is 4.79 Å². The molecule has 1 aromatic rings. The molecule has 1 atom stereocenters. The van der Waals surface area contributed by atoms with Gasteiger partial charge in [0.25, 0.3) is 5.91 Å². The van der Waals surface area contributed by atoms with E-state index in [4.69, 9.17) is 10.2 Å². The van der Waals surface area contributed by atoms with Crippen LogP contribution in [-0.4, -0.2) is 34.7 Å². The molecule has 98 valence electrons. The fourth-order valence-corrected chi connectivity index (χ4v) is 1.27. The van der Waals surface area contributed by atoms with Gasteiger partial charge in [-0.15, -0.1) is 0 Å². The van der Waals surface area contributed by atoms with Gasteiger partial charge in [0.05, 0.1) is 0 Å². The lowest BCUT2D eigenvalue weighted by molar-refractivity contribution is -0.139. The topological polar surface area (TPSA) is 86.6 Å². The zero-order valence-electron chi connectivity index (χ0n) is 9.19. The van der Waals surface area contributed by atoms with Crippen LogP contribution in [0.4, 0.5) is 8.78 Å². The molecule has 1 rings (SSSR count). The number of carboxylic acids is 1. The van der Waals surface area contributed by atoms with Crippen LogP contribution in [0.3, 0.4) is 0 Å². The summed E-state index contributed by atoms with van der Waals surface area (Å²) >= 11 is 0. The quantitative estimate of drug-likeness (QED) is 0.720. The summed E-state index contributed by atoms with van der Waals surface area (Å²) in [6, 6.07) is 1.19. The number of rotatable bonds is 5. The standard InChI is InChI=1S/C11H11F2NO4/c12-7-2-1-6(5-8(7)13)10(16)14-9(3-4-15)11(17)18/h1-2,5,9,15H,3-4H2,(H,14,16)(H,17,18)/t9-/m0/s1. The first-order valence-corrected chi connectivity index (χ1v) is 5.05. The molecule has 0 aliphatic heterocycles. The maximum Gasteiger partial charge on any atom is 0.326 e. The van der Waals surface area contributed by atoms with Gasteiger partial charge in [0, 0.05) is 18.6 Å². The Kier molecular flexibility index (Phi) is 4.73. The van der Waals surface area contributed by atoms with Crippen LogP contribution in [0, 0.1) is 11.6 Å². The van der Waals surface area contributed by atoms with Gasteiger partial charge in [-0.05, 0) is 18.2 Å². The Morgan fingerprint density at radius 1 is 1.28 bits per heavy atom. The molecule has 0 saturated carbocycles. The van der Waals surface area contributed by atoms with Gasteiger partial charge in [0.15, 0.2) is 11.6 Å². The van der Waals surface area contributed by atoms with Crippen molar-refractivity contribution in [2.24, 2.45) is 0 Å². The summed E-state index contributed by atoms with van der Waals surface area (Å²) in [5, 5.41) is 19.5. The first kappa shape index (κ1) is 14.0. The summed E-state index contributed by atoms with van der Waals surface area (Å²) in [6.07, 6.45) is -0.176. The summed E-state index contributed by atoms with van der Waals surface area (Å²) < 4.78 is 25.5. The fraction of sp³-hybridized carbons (Fsp3) is 0.273. The molecule has 0 aliphatic carbocycles. The number of aliphatic hydroxyl groups is 1. The highest BCUT2D eigenvalue weighted by Crippen LogP contribution is 2.09. The summed E-state index contributed by atoms with van der Waals surface area (Å²) in [7, 11) is 0. The van der Waals surface area contributed by atoms with Crippen LogP contribution in [0.5, 0.6) is 0 Å². The number of hydrogen-bond donors (Lipinski definition) is 3. The molecule has 5 nitrogen and oxygen atoms in total. The highest BCUT2D eigenvalue weighted by molar-refractivity contribution is 5.96. The van der Waals surface area contributed by atoms with E-state index in [0.717, 1.165) is 12.1 Å². The fourth-order valence-electron chi connectivity index (χ4n) is 1.27. The number of aliphatic carboxylic acids is 1. The van der Waals surface area contributed by atoms with Crippen LogP contribution in [0.2, 0.25) is 0 Å². The molecule has 0 saturated heterocycles. The molecule has 1 amide bonds. The van der Waals surface area contributed by atoms with Gasteiger partial charge in [-0.2, -0.15) is 0 Å². The minimum Gasteiger partial charge on any atom is -0.480 e. The van der Waals surface area contributed by atoms with E-state index in [0.29, 0.717) is 6.07 Å². The van der Waals surface area contributed by atoms with Crippen molar-refractivity contribution in [1.82, 2.24) is 5.32 Å². The summed E-state index contributed by atoms with van der Waals surface area (Å²) in [6.45, 7) is -0.422. The van der Waals surface area contributed by atoms with E-state index in [9.17, 15) is 18.4 Å². The summed E-state index contributed by atoms with van der Waals surface area (Å²) in [4.78, 5) is 22.3. The highest BCUT2D eigenvalue weighted by Gasteiger charge is 2.20. The molecular weight excluding hydrogens is 248 g/mol. The van der Waals surface area contributed by atoms with Crippen molar-refractivity contribution in [1.29, 1.82) is 0 Å². The molecule has 18 heavy (non-hydrogen) atoms. The Labute approximate surface area is 101 Å². The van der Waals surface area contributed by atoms with Crippen LogP contribution in [0.1, 0.15) is 16.8 Å². The number of aliphatic hydroxyl groups excluding tert-OH is 1. The second-order valence-corrected chi connectivity index (χ2v) is 3.51. The minimum absolute atomic E-state index is 0.176. The van der Waals surface area contributed by atoms with Crippen LogP contribution < -0.4 is 5.32 Å².